The molecule has 174 valence electrons. The quantitative estimate of drug-likeness (QED) is 0.466. The van der Waals surface area contributed by atoms with E-state index < -0.39 is 0 Å². The molecule has 0 saturated carbocycles. The highest BCUT2D eigenvalue weighted by atomic mass is 32.2. The molecule has 5 nitrogen and oxygen atoms in total. The predicted octanol–water partition coefficient (Wildman–Crippen LogP) is 5.63. The van der Waals surface area contributed by atoms with Gasteiger partial charge in [-0.25, -0.2) is 0 Å². The average Bonchev–Trinajstić information content (AvgIpc) is 3.02. The molecular formula is C27H31NO4S. The largest absolute Gasteiger partial charge is 0.497 e. The molecular weight excluding hydrogens is 434 g/mol. The zero-order valence-corrected chi connectivity index (χ0v) is 20.2. The third-order valence-corrected chi connectivity index (χ3v) is 7.26. The first-order valence-corrected chi connectivity index (χ1v) is 12.1. The van der Waals surface area contributed by atoms with Gasteiger partial charge in [-0.1, -0.05) is 24.3 Å². The second kappa shape index (κ2) is 10.9. The van der Waals surface area contributed by atoms with Gasteiger partial charge in [0.2, 0.25) is 0 Å². The third kappa shape index (κ3) is 5.57. The van der Waals surface area contributed by atoms with Gasteiger partial charge < -0.3 is 24.2 Å². The summed E-state index contributed by atoms with van der Waals surface area (Å²) >= 11 is 1.90. The zero-order chi connectivity index (χ0) is 23.2. The van der Waals surface area contributed by atoms with Crippen molar-refractivity contribution in [3.8, 4) is 17.2 Å². The van der Waals surface area contributed by atoms with E-state index in [1.54, 1.807) is 14.2 Å². The van der Waals surface area contributed by atoms with Crippen LogP contribution in [-0.4, -0.2) is 39.1 Å². The van der Waals surface area contributed by atoms with Gasteiger partial charge in [0.25, 0.3) is 0 Å². The van der Waals surface area contributed by atoms with Gasteiger partial charge in [-0.05, 0) is 66.4 Å². The van der Waals surface area contributed by atoms with Gasteiger partial charge >= 0.3 is 0 Å². The number of fused-ring (bicyclic) bond motifs is 1. The highest BCUT2D eigenvalue weighted by Crippen LogP contribution is 2.47. The van der Waals surface area contributed by atoms with Crippen LogP contribution in [0.15, 0.2) is 65.6 Å². The molecule has 0 aromatic heterocycles. The van der Waals surface area contributed by atoms with Crippen LogP contribution in [0.25, 0.3) is 0 Å². The summed E-state index contributed by atoms with van der Waals surface area (Å²) < 4.78 is 16.5. The number of nitrogens with zero attached hydrogens (tertiary/aromatic N) is 1. The van der Waals surface area contributed by atoms with Crippen LogP contribution in [0.4, 0.5) is 5.69 Å². The fourth-order valence-electron chi connectivity index (χ4n) is 4.16. The number of methoxy groups -OCH3 is 2. The van der Waals surface area contributed by atoms with Crippen LogP contribution in [0, 0.1) is 6.92 Å². The van der Waals surface area contributed by atoms with Gasteiger partial charge in [0.05, 0.1) is 26.5 Å². The molecule has 0 aliphatic carbocycles. The topological polar surface area (TPSA) is 51.2 Å². The van der Waals surface area contributed by atoms with Gasteiger partial charge in [-0.15, -0.1) is 11.8 Å². The molecule has 0 unspecified atom stereocenters. The van der Waals surface area contributed by atoms with E-state index in [1.807, 2.05) is 30.0 Å². The molecule has 1 N–H and O–H groups in total. The Labute approximate surface area is 200 Å². The number of aryl methyl sites for hydroxylation is 1. The molecule has 6 heteroatoms. The number of aliphatic hydroxyl groups is 1. The number of benzene rings is 3. The maximum atomic E-state index is 8.95. The zero-order valence-electron chi connectivity index (χ0n) is 19.4. The Morgan fingerprint density at radius 1 is 0.970 bits per heavy atom. The minimum atomic E-state index is 0.0162. The van der Waals surface area contributed by atoms with Crippen LogP contribution in [0.3, 0.4) is 0 Å². The summed E-state index contributed by atoms with van der Waals surface area (Å²) in [6, 6.07) is 21.0. The Balaban J connectivity index is 1.59. The van der Waals surface area contributed by atoms with Crippen molar-refractivity contribution < 1.29 is 19.3 Å². The van der Waals surface area contributed by atoms with Crippen LogP contribution in [-0.2, 0) is 6.54 Å². The first-order valence-electron chi connectivity index (χ1n) is 11.2. The molecule has 0 amide bonds. The molecule has 0 bridgehead atoms. The maximum Gasteiger partial charge on any atom is 0.121 e. The Hall–Kier alpha value is -2.83. The van der Waals surface area contributed by atoms with E-state index in [1.165, 1.54) is 21.7 Å². The molecule has 3 aromatic rings. The lowest BCUT2D eigenvalue weighted by Crippen LogP contribution is -2.24. The van der Waals surface area contributed by atoms with Crippen molar-refractivity contribution in [2.75, 3.05) is 38.9 Å². The molecule has 0 spiro atoms. The van der Waals surface area contributed by atoms with E-state index in [9.17, 15) is 0 Å². The van der Waals surface area contributed by atoms with Crippen LogP contribution >= 0.6 is 11.8 Å². The number of hydrogen-bond acceptors (Lipinski definition) is 6. The molecule has 4 rings (SSSR count). The van der Waals surface area contributed by atoms with Gasteiger partial charge in [0.15, 0.2) is 0 Å². The summed E-state index contributed by atoms with van der Waals surface area (Å²) in [7, 11) is 3.43. The Bertz CT molecular complexity index is 1070. The minimum absolute atomic E-state index is 0.0162. The van der Waals surface area contributed by atoms with Crippen molar-refractivity contribution in [3.63, 3.8) is 0 Å². The first-order chi connectivity index (χ1) is 16.1. The monoisotopic (exact) mass is 465 g/mol. The second-order valence-corrected chi connectivity index (χ2v) is 9.34. The lowest BCUT2D eigenvalue weighted by Gasteiger charge is -2.25. The van der Waals surface area contributed by atoms with E-state index in [2.05, 4.69) is 54.3 Å². The molecule has 0 saturated heterocycles. The number of aliphatic hydroxyl groups excluding tert-OH is 1. The number of thioether (sulfide) groups is 1. The molecule has 0 fully saturated rings. The summed E-state index contributed by atoms with van der Waals surface area (Å²) in [4.78, 5) is 3.68. The van der Waals surface area contributed by atoms with Crippen molar-refractivity contribution in [3.05, 3.63) is 77.4 Å². The fourth-order valence-corrected chi connectivity index (χ4v) is 5.47. The van der Waals surface area contributed by atoms with Crippen molar-refractivity contribution in [1.82, 2.24) is 0 Å². The van der Waals surface area contributed by atoms with Crippen LogP contribution < -0.4 is 19.1 Å². The van der Waals surface area contributed by atoms with Crippen LogP contribution in [0.2, 0.25) is 0 Å². The van der Waals surface area contributed by atoms with E-state index in [4.69, 9.17) is 19.3 Å². The van der Waals surface area contributed by atoms with Crippen molar-refractivity contribution in [2.45, 2.75) is 30.0 Å². The summed E-state index contributed by atoms with van der Waals surface area (Å²) in [5, 5.41) is 9.30. The Morgan fingerprint density at radius 3 is 2.45 bits per heavy atom. The number of hydrogen-bond donors (Lipinski definition) is 1. The van der Waals surface area contributed by atoms with E-state index >= 15 is 0 Å². The van der Waals surface area contributed by atoms with Crippen molar-refractivity contribution in [1.29, 1.82) is 0 Å². The summed E-state index contributed by atoms with van der Waals surface area (Å²) in [5.41, 5.74) is 4.93. The lowest BCUT2D eigenvalue weighted by atomic mass is 10.1. The van der Waals surface area contributed by atoms with E-state index in [0.29, 0.717) is 11.9 Å². The summed E-state index contributed by atoms with van der Waals surface area (Å²) in [6.45, 7) is 4.19. The highest BCUT2D eigenvalue weighted by Gasteiger charge is 2.24. The molecule has 1 atom stereocenters. The molecule has 3 aromatic carbocycles. The second-order valence-electron chi connectivity index (χ2n) is 8.10. The normalized spacial score (nSPS) is 15.5. The first kappa shape index (κ1) is 23.3. The van der Waals surface area contributed by atoms with Gasteiger partial charge in [-0.3, -0.25) is 0 Å². The predicted molar refractivity (Wildman–Crippen MR) is 134 cm³/mol. The Morgan fingerprint density at radius 2 is 1.76 bits per heavy atom. The number of anilines is 1. The standard InChI is InChI=1S/C27H31NO4S/c1-19-16-21(6-11-25(19)31-3)26-12-13-28(24-10-9-23(30-2)17-27(24)33-26)18-20-4-7-22(8-5-20)32-15-14-29/h4-11,16-17,26,29H,12-15,18H2,1-3H3/t26-/m0/s1. The van der Waals surface area contributed by atoms with Crippen LogP contribution in [0.1, 0.15) is 28.4 Å². The van der Waals surface area contributed by atoms with Gasteiger partial charge in [-0.2, -0.15) is 0 Å². The maximum absolute atomic E-state index is 8.95. The number of rotatable bonds is 8. The highest BCUT2D eigenvalue weighted by molar-refractivity contribution is 7.99. The number of ether oxygens (including phenoxy) is 3. The molecule has 0 radical (unpaired) electrons. The smallest absolute Gasteiger partial charge is 0.121 e. The SMILES string of the molecule is COc1ccc2c(c1)S[C@H](c1ccc(OC)c(C)c1)CCN2Cc1ccc(OCCO)cc1. The summed E-state index contributed by atoms with van der Waals surface area (Å²) in [5.74, 6) is 2.57. The molecule has 1 aliphatic rings. The lowest BCUT2D eigenvalue weighted by molar-refractivity contribution is 0.201. The minimum Gasteiger partial charge on any atom is -0.497 e. The average molecular weight is 466 g/mol. The molecule has 33 heavy (non-hydrogen) atoms. The van der Waals surface area contributed by atoms with Gasteiger partial charge in [0, 0.05) is 23.2 Å². The molecule has 1 aliphatic heterocycles. The van der Waals surface area contributed by atoms with E-state index in [0.717, 1.165) is 42.3 Å². The van der Waals surface area contributed by atoms with Crippen molar-refractivity contribution >= 4 is 17.4 Å². The van der Waals surface area contributed by atoms with Crippen LogP contribution in [0.5, 0.6) is 17.2 Å². The molecule has 1 heterocycles. The van der Waals surface area contributed by atoms with E-state index in [-0.39, 0.29) is 6.61 Å². The van der Waals surface area contributed by atoms with Gasteiger partial charge in [0.1, 0.15) is 23.9 Å². The summed E-state index contributed by atoms with van der Waals surface area (Å²) in [6.07, 6.45) is 1.03. The van der Waals surface area contributed by atoms with Crippen molar-refractivity contribution in [2.24, 2.45) is 0 Å². The third-order valence-electron chi connectivity index (χ3n) is 5.89. The Kier molecular flexibility index (Phi) is 7.68. The fraction of sp³-hybridized carbons (Fsp3) is 0.333.